The van der Waals surface area contributed by atoms with Gasteiger partial charge in [0.2, 0.25) is 0 Å². The van der Waals surface area contributed by atoms with Gasteiger partial charge >= 0.3 is 0 Å². The Morgan fingerprint density at radius 3 is 2.76 bits per heavy atom. The van der Waals surface area contributed by atoms with Crippen LogP contribution in [0.25, 0.3) is 0 Å². The van der Waals surface area contributed by atoms with E-state index >= 15 is 0 Å². The fourth-order valence-electron chi connectivity index (χ4n) is 1.73. The summed E-state index contributed by atoms with van der Waals surface area (Å²) in [5.41, 5.74) is 1.21. The Labute approximate surface area is 105 Å². The van der Waals surface area contributed by atoms with Gasteiger partial charge in [-0.3, -0.25) is 0 Å². The molecular formula is C14H23N3. The zero-order valence-corrected chi connectivity index (χ0v) is 11.1. The van der Waals surface area contributed by atoms with Crippen LogP contribution in [0.5, 0.6) is 0 Å². The lowest BCUT2D eigenvalue weighted by atomic mass is 10.1. The molecular weight excluding hydrogens is 210 g/mol. The first kappa shape index (κ1) is 13.7. The first-order valence-corrected chi connectivity index (χ1v) is 6.22. The molecule has 3 heteroatoms. The van der Waals surface area contributed by atoms with Gasteiger partial charge in [-0.25, -0.2) is 4.98 Å². The van der Waals surface area contributed by atoms with Gasteiger partial charge in [0.05, 0.1) is 0 Å². The van der Waals surface area contributed by atoms with E-state index in [-0.39, 0.29) is 0 Å². The van der Waals surface area contributed by atoms with Crippen LogP contribution in [-0.2, 0) is 0 Å². The summed E-state index contributed by atoms with van der Waals surface area (Å²) in [5, 5.41) is 3.21. The third-order valence-corrected chi connectivity index (χ3v) is 2.87. The molecule has 0 aliphatic heterocycles. The zero-order valence-electron chi connectivity index (χ0n) is 11.1. The van der Waals surface area contributed by atoms with Crippen LogP contribution >= 0.6 is 0 Å². The first-order valence-electron chi connectivity index (χ1n) is 6.22. The van der Waals surface area contributed by atoms with E-state index in [1.54, 1.807) is 0 Å². The Hall–Kier alpha value is -1.35. The van der Waals surface area contributed by atoms with E-state index in [0.29, 0.717) is 6.04 Å². The van der Waals surface area contributed by atoms with Gasteiger partial charge in [-0.1, -0.05) is 19.1 Å². The topological polar surface area (TPSA) is 28.2 Å². The summed E-state index contributed by atoms with van der Waals surface area (Å²) < 4.78 is 0. The lowest BCUT2D eigenvalue weighted by Gasteiger charge is -2.22. The predicted octanol–water partition coefficient (Wildman–Crippen LogP) is 2.76. The maximum Gasteiger partial charge on any atom is 0.128 e. The molecule has 94 valence electrons. The van der Waals surface area contributed by atoms with Gasteiger partial charge < -0.3 is 10.2 Å². The van der Waals surface area contributed by atoms with Gasteiger partial charge in [0.15, 0.2) is 0 Å². The molecule has 1 atom stereocenters. The van der Waals surface area contributed by atoms with Crippen molar-refractivity contribution in [2.24, 2.45) is 0 Å². The van der Waals surface area contributed by atoms with E-state index in [0.717, 1.165) is 25.3 Å². The van der Waals surface area contributed by atoms with Crippen LogP contribution in [-0.4, -0.2) is 25.1 Å². The number of aromatic nitrogens is 1. The molecule has 1 heterocycles. The standard InChI is InChI=1S/C14H23N3/c1-5-9-17(10-6-2)14-8-7-13(11-16-14)12(3)15-4/h5,7-8,11-12,15H,1,6,9-10H2,2-4H3. The molecule has 0 aliphatic carbocycles. The van der Waals surface area contributed by atoms with Crippen molar-refractivity contribution in [1.82, 2.24) is 10.3 Å². The van der Waals surface area contributed by atoms with E-state index in [1.165, 1.54) is 5.56 Å². The number of nitrogens with zero attached hydrogens (tertiary/aromatic N) is 2. The van der Waals surface area contributed by atoms with Crippen molar-refractivity contribution in [2.75, 3.05) is 25.0 Å². The van der Waals surface area contributed by atoms with Gasteiger partial charge in [0, 0.05) is 25.3 Å². The van der Waals surface area contributed by atoms with E-state index in [1.807, 2.05) is 19.3 Å². The minimum Gasteiger partial charge on any atom is -0.353 e. The number of hydrogen-bond donors (Lipinski definition) is 1. The highest BCUT2D eigenvalue weighted by atomic mass is 15.2. The van der Waals surface area contributed by atoms with Gasteiger partial charge in [-0.15, -0.1) is 6.58 Å². The van der Waals surface area contributed by atoms with Crippen molar-refractivity contribution in [3.05, 3.63) is 36.5 Å². The van der Waals surface area contributed by atoms with Gasteiger partial charge in [0.25, 0.3) is 0 Å². The van der Waals surface area contributed by atoms with E-state index in [4.69, 9.17) is 0 Å². The van der Waals surface area contributed by atoms with Crippen LogP contribution in [0.2, 0.25) is 0 Å². The van der Waals surface area contributed by atoms with Gasteiger partial charge in [-0.05, 0) is 32.0 Å². The van der Waals surface area contributed by atoms with Crippen LogP contribution in [0.3, 0.4) is 0 Å². The third kappa shape index (κ3) is 3.86. The molecule has 1 unspecified atom stereocenters. The maximum absolute atomic E-state index is 4.52. The molecule has 0 saturated carbocycles. The molecule has 1 aromatic heterocycles. The van der Waals surface area contributed by atoms with Crippen molar-refractivity contribution in [2.45, 2.75) is 26.3 Å². The largest absolute Gasteiger partial charge is 0.353 e. The highest BCUT2D eigenvalue weighted by molar-refractivity contribution is 5.40. The Bertz CT molecular complexity index is 332. The first-order chi connectivity index (χ1) is 8.22. The number of nitrogens with one attached hydrogen (secondary N) is 1. The van der Waals surface area contributed by atoms with Crippen molar-refractivity contribution in [3.63, 3.8) is 0 Å². The molecule has 0 radical (unpaired) electrons. The molecule has 0 fully saturated rings. The van der Waals surface area contributed by atoms with Crippen molar-refractivity contribution in [1.29, 1.82) is 0 Å². The molecule has 1 aromatic rings. The smallest absolute Gasteiger partial charge is 0.128 e. The van der Waals surface area contributed by atoms with Crippen LogP contribution in [0.1, 0.15) is 31.9 Å². The SMILES string of the molecule is C=CCN(CCC)c1ccc(C(C)NC)cn1. The molecule has 0 bridgehead atoms. The molecule has 17 heavy (non-hydrogen) atoms. The third-order valence-electron chi connectivity index (χ3n) is 2.87. The van der Waals surface area contributed by atoms with E-state index in [9.17, 15) is 0 Å². The normalized spacial score (nSPS) is 12.2. The number of hydrogen-bond acceptors (Lipinski definition) is 3. The minimum atomic E-state index is 0.343. The number of rotatable bonds is 7. The lowest BCUT2D eigenvalue weighted by Crippen LogP contribution is -2.25. The Morgan fingerprint density at radius 2 is 2.29 bits per heavy atom. The summed E-state index contributed by atoms with van der Waals surface area (Å²) in [4.78, 5) is 6.76. The zero-order chi connectivity index (χ0) is 12.7. The maximum atomic E-state index is 4.52. The average Bonchev–Trinajstić information content (AvgIpc) is 2.38. The molecule has 3 nitrogen and oxygen atoms in total. The van der Waals surface area contributed by atoms with Crippen molar-refractivity contribution < 1.29 is 0 Å². The molecule has 0 spiro atoms. The predicted molar refractivity (Wildman–Crippen MR) is 74.4 cm³/mol. The summed E-state index contributed by atoms with van der Waals surface area (Å²) in [6.07, 6.45) is 4.98. The van der Waals surface area contributed by atoms with Crippen LogP contribution < -0.4 is 10.2 Å². The van der Waals surface area contributed by atoms with E-state index in [2.05, 4.69) is 47.8 Å². The average molecular weight is 233 g/mol. The fraction of sp³-hybridized carbons (Fsp3) is 0.500. The molecule has 0 saturated heterocycles. The molecule has 0 amide bonds. The van der Waals surface area contributed by atoms with E-state index < -0.39 is 0 Å². The van der Waals surface area contributed by atoms with Crippen LogP contribution in [0, 0.1) is 0 Å². The van der Waals surface area contributed by atoms with Crippen LogP contribution in [0.4, 0.5) is 5.82 Å². The second kappa shape index (κ2) is 7.07. The monoisotopic (exact) mass is 233 g/mol. The molecule has 1 N–H and O–H groups in total. The lowest BCUT2D eigenvalue weighted by molar-refractivity contribution is 0.649. The van der Waals surface area contributed by atoms with Gasteiger partial charge in [-0.2, -0.15) is 0 Å². The number of anilines is 1. The Kier molecular flexibility index (Phi) is 5.70. The van der Waals surface area contributed by atoms with Gasteiger partial charge in [0.1, 0.15) is 5.82 Å². The Morgan fingerprint density at radius 1 is 1.53 bits per heavy atom. The second-order valence-corrected chi connectivity index (χ2v) is 4.19. The van der Waals surface area contributed by atoms with Crippen molar-refractivity contribution in [3.8, 4) is 0 Å². The summed E-state index contributed by atoms with van der Waals surface area (Å²) in [5.74, 6) is 1.03. The highest BCUT2D eigenvalue weighted by Gasteiger charge is 2.07. The Balaban J connectivity index is 2.79. The number of pyridine rings is 1. The summed E-state index contributed by atoms with van der Waals surface area (Å²) in [6.45, 7) is 9.95. The molecule has 0 aliphatic rings. The summed E-state index contributed by atoms with van der Waals surface area (Å²) in [7, 11) is 1.96. The molecule has 1 rings (SSSR count). The summed E-state index contributed by atoms with van der Waals surface area (Å²) >= 11 is 0. The van der Waals surface area contributed by atoms with Crippen molar-refractivity contribution >= 4 is 5.82 Å². The quantitative estimate of drug-likeness (QED) is 0.734. The second-order valence-electron chi connectivity index (χ2n) is 4.19. The summed E-state index contributed by atoms with van der Waals surface area (Å²) in [6, 6.07) is 4.56. The highest BCUT2D eigenvalue weighted by Crippen LogP contribution is 2.16. The minimum absolute atomic E-state index is 0.343. The molecule has 0 aromatic carbocycles. The van der Waals surface area contributed by atoms with Crippen LogP contribution in [0.15, 0.2) is 31.0 Å². The fourth-order valence-corrected chi connectivity index (χ4v) is 1.73.